The largest absolute Gasteiger partial charge is 0.496 e. The summed E-state index contributed by atoms with van der Waals surface area (Å²) in [5.74, 6) is 0.704. The molecule has 0 aliphatic rings. The number of nitro benzene ring substituents is 1. The molecular weight excluding hydrogens is 212 g/mol. The molecule has 0 fully saturated rings. The van der Waals surface area contributed by atoms with Gasteiger partial charge in [0.15, 0.2) is 5.75 Å². The summed E-state index contributed by atoms with van der Waals surface area (Å²) < 4.78 is 10.2. The minimum absolute atomic E-state index is 0.0802. The third-order valence-electron chi connectivity index (χ3n) is 2.01. The van der Waals surface area contributed by atoms with Crippen molar-refractivity contribution in [1.29, 1.82) is 0 Å². The fourth-order valence-electron chi connectivity index (χ4n) is 1.17. The van der Waals surface area contributed by atoms with Crippen LogP contribution < -0.4 is 15.2 Å². The lowest BCUT2D eigenvalue weighted by atomic mass is 10.3. The third-order valence-corrected chi connectivity index (χ3v) is 2.01. The number of hydrogen-bond acceptors (Lipinski definition) is 4. The summed E-state index contributed by atoms with van der Waals surface area (Å²) >= 11 is 0. The molecule has 0 saturated heterocycles. The second kappa shape index (κ2) is 5.92. The Kier molecular flexibility index (Phi) is 4.53. The Balaban J connectivity index is 2.85. The van der Waals surface area contributed by atoms with Gasteiger partial charge < -0.3 is 15.2 Å². The van der Waals surface area contributed by atoms with Crippen molar-refractivity contribution in [3.8, 4) is 11.5 Å². The maximum absolute atomic E-state index is 10.8. The molecule has 6 nitrogen and oxygen atoms in total. The highest BCUT2D eigenvalue weighted by Gasteiger charge is 2.16. The first kappa shape index (κ1) is 12.3. The van der Waals surface area contributed by atoms with Crippen LogP contribution in [-0.2, 0) is 0 Å². The first-order chi connectivity index (χ1) is 7.69. The van der Waals surface area contributed by atoms with Gasteiger partial charge in [0.25, 0.3) is 0 Å². The van der Waals surface area contributed by atoms with Crippen molar-refractivity contribution in [1.82, 2.24) is 0 Å². The van der Waals surface area contributed by atoms with E-state index in [0.717, 1.165) is 13.0 Å². The summed E-state index contributed by atoms with van der Waals surface area (Å²) in [5, 5.41) is 10.8. The number of benzene rings is 1. The molecule has 0 bridgehead atoms. The Hall–Kier alpha value is -1.82. The minimum atomic E-state index is -0.484. The van der Waals surface area contributed by atoms with Gasteiger partial charge in [-0.3, -0.25) is 10.1 Å². The predicted octanol–water partition coefficient (Wildman–Crippen LogP) is 0.614. The zero-order valence-corrected chi connectivity index (χ0v) is 9.14. The average Bonchev–Trinajstić information content (AvgIpc) is 2.29. The number of ether oxygens (including phenoxy) is 2. The molecule has 0 aliphatic carbocycles. The van der Waals surface area contributed by atoms with Crippen LogP contribution >= 0.6 is 0 Å². The van der Waals surface area contributed by atoms with E-state index in [-0.39, 0.29) is 11.4 Å². The van der Waals surface area contributed by atoms with Crippen molar-refractivity contribution in [2.45, 2.75) is 6.42 Å². The van der Waals surface area contributed by atoms with Crippen LogP contribution in [0.4, 0.5) is 5.69 Å². The quantitative estimate of drug-likeness (QED) is 0.438. The molecule has 16 heavy (non-hydrogen) atoms. The monoisotopic (exact) mass is 227 g/mol. The van der Waals surface area contributed by atoms with E-state index < -0.39 is 4.92 Å². The number of quaternary nitrogens is 1. The van der Waals surface area contributed by atoms with Gasteiger partial charge in [-0.25, -0.2) is 0 Å². The molecule has 1 aromatic rings. The smallest absolute Gasteiger partial charge is 0.314 e. The van der Waals surface area contributed by atoms with Crippen LogP contribution in [0.2, 0.25) is 0 Å². The van der Waals surface area contributed by atoms with Gasteiger partial charge in [0.05, 0.1) is 31.3 Å². The van der Waals surface area contributed by atoms with Gasteiger partial charge in [-0.1, -0.05) is 0 Å². The standard InChI is InChI=1S/C10H14N2O4/c1-15-8-3-4-10(16-6-2-5-11)9(7-8)12(13)14/h3-4,7H,2,5-6,11H2,1H3/p+1. The third kappa shape index (κ3) is 3.09. The van der Waals surface area contributed by atoms with Gasteiger partial charge in [-0.05, 0) is 12.1 Å². The molecule has 1 aromatic carbocycles. The lowest BCUT2D eigenvalue weighted by molar-refractivity contribution is -0.386. The predicted molar refractivity (Wildman–Crippen MR) is 57.5 cm³/mol. The number of nitro groups is 1. The Labute approximate surface area is 93.1 Å². The second-order valence-electron chi connectivity index (χ2n) is 3.15. The zero-order chi connectivity index (χ0) is 12.0. The van der Waals surface area contributed by atoms with Crippen LogP contribution in [0.5, 0.6) is 11.5 Å². The van der Waals surface area contributed by atoms with Gasteiger partial charge in [0.2, 0.25) is 0 Å². The first-order valence-electron chi connectivity index (χ1n) is 4.93. The number of hydrogen-bond donors (Lipinski definition) is 1. The lowest BCUT2D eigenvalue weighted by Crippen LogP contribution is -2.50. The topological polar surface area (TPSA) is 89.2 Å². The average molecular weight is 227 g/mol. The SMILES string of the molecule is COc1ccc(OCCC[NH3+])c([N+](=O)[O-])c1. The zero-order valence-electron chi connectivity index (χ0n) is 9.14. The fraction of sp³-hybridized carbons (Fsp3) is 0.400. The molecule has 0 atom stereocenters. The number of rotatable bonds is 6. The lowest BCUT2D eigenvalue weighted by Gasteiger charge is -2.06. The highest BCUT2D eigenvalue weighted by molar-refractivity contribution is 5.50. The van der Waals surface area contributed by atoms with Crippen LogP contribution in [0, 0.1) is 10.1 Å². The summed E-state index contributed by atoms with van der Waals surface area (Å²) in [5.41, 5.74) is 3.59. The van der Waals surface area contributed by atoms with E-state index in [1.807, 2.05) is 0 Å². The van der Waals surface area contributed by atoms with E-state index in [2.05, 4.69) is 5.73 Å². The van der Waals surface area contributed by atoms with Crippen molar-refractivity contribution < 1.29 is 20.1 Å². The maximum atomic E-state index is 10.8. The summed E-state index contributed by atoms with van der Waals surface area (Å²) in [7, 11) is 1.46. The molecule has 88 valence electrons. The number of methoxy groups -OCH3 is 1. The van der Waals surface area contributed by atoms with Crippen LogP contribution in [0.25, 0.3) is 0 Å². The Morgan fingerprint density at radius 1 is 1.50 bits per heavy atom. The van der Waals surface area contributed by atoms with Crippen molar-refractivity contribution in [2.24, 2.45) is 0 Å². The van der Waals surface area contributed by atoms with E-state index in [9.17, 15) is 10.1 Å². The highest BCUT2D eigenvalue weighted by Crippen LogP contribution is 2.30. The van der Waals surface area contributed by atoms with Gasteiger partial charge in [-0.15, -0.1) is 0 Å². The van der Waals surface area contributed by atoms with Gasteiger partial charge >= 0.3 is 5.69 Å². The van der Waals surface area contributed by atoms with E-state index in [0.29, 0.717) is 12.4 Å². The molecule has 0 radical (unpaired) electrons. The Bertz CT molecular complexity index is 368. The summed E-state index contributed by atoms with van der Waals surface area (Å²) in [4.78, 5) is 10.3. The summed E-state index contributed by atoms with van der Waals surface area (Å²) in [6, 6.07) is 4.52. The fourth-order valence-corrected chi connectivity index (χ4v) is 1.17. The van der Waals surface area contributed by atoms with Crippen LogP contribution in [0.3, 0.4) is 0 Å². The van der Waals surface area contributed by atoms with Crippen molar-refractivity contribution in [3.05, 3.63) is 28.3 Å². The summed E-state index contributed by atoms with van der Waals surface area (Å²) in [6.07, 6.45) is 0.767. The Morgan fingerprint density at radius 3 is 2.81 bits per heavy atom. The van der Waals surface area contributed by atoms with Crippen LogP contribution in [-0.4, -0.2) is 25.2 Å². The molecule has 0 spiro atoms. The van der Waals surface area contributed by atoms with Crippen molar-refractivity contribution >= 4 is 5.69 Å². The van der Waals surface area contributed by atoms with E-state index in [4.69, 9.17) is 9.47 Å². The van der Waals surface area contributed by atoms with Crippen LogP contribution in [0.15, 0.2) is 18.2 Å². The molecule has 6 heteroatoms. The highest BCUT2D eigenvalue weighted by atomic mass is 16.6. The molecule has 1 rings (SSSR count). The van der Waals surface area contributed by atoms with Gasteiger partial charge in [0.1, 0.15) is 5.75 Å². The van der Waals surface area contributed by atoms with E-state index in [1.54, 1.807) is 12.1 Å². The molecular formula is C10H15N2O4+. The maximum Gasteiger partial charge on any atom is 0.314 e. The number of nitrogens with zero attached hydrogens (tertiary/aromatic N) is 1. The van der Waals surface area contributed by atoms with Crippen LogP contribution in [0.1, 0.15) is 6.42 Å². The Morgan fingerprint density at radius 2 is 2.25 bits per heavy atom. The normalized spacial score (nSPS) is 9.88. The molecule has 0 unspecified atom stereocenters. The van der Waals surface area contributed by atoms with Crippen molar-refractivity contribution in [2.75, 3.05) is 20.3 Å². The van der Waals surface area contributed by atoms with Gasteiger partial charge in [-0.2, -0.15) is 0 Å². The van der Waals surface area contributed by atoms with E-state index >= 15 is 0 Å². The molecule has 0 heterocycles. The molecule has 0 aromatic heterocycles. The minimum Gasteiger partial charge on any atom is -0.496 e. The molecule has 0 saturated carbocycles. The molecule has 3 N–H and O–H groups in total. The second-order valence-corrected chi connectivity index (χ2v) is 3.15. The first-order valence-corrected chi connectivity index (χ1v) is 4.93. The molecule has 0 aliphatic heterocycles. The van der Waals surface area contributed by atoms with Gasteiger partial charge in [0, 0.05) is 6.42 Å². The van der Waals surface area contributed by atoms with Crippen molar-refractivity contribution in [3.63, 3.8) is 0 Å². The van der Waals surface area contributed by atoms with E-state index in [1.165, 1.54) is 13.2 Å². The molecule has 0 amide bonds. The summed E-state index contributed by atoms with van der Waals surface area (Å²) in [6.45, 7) is 1.17.